The SMILES string of the molecule is CC1(c2nnc(-c3cccnc3)o2)CN(C(=O)C2(F)CCOC2)C1. The third-order valence-electron chi connectivity index (χ3n) is 4.57. The van der Waals surface area contributed by atoms with Gasteiger partial charge >= 0.3 is 0 Å². The fourth-order valence-electron chi connectivity index (χ4n) is 3.14. The van der Waals surface area contributed by atoms with Crippen LogP contribution < -0.4 is 0 Å². The first-order valence-electron chi connectivity index (χ1n) is 7.81. The van der Waals surface area contributed by atoms with Crippen LogP contribution in [-0.4, -0.2) is 58.0 Å². The Labute approximate surface area is 137 Å². The van der Waals surface area contributed by atoms with E-state index in [1.807, 2.05) is 13.0 Å². The van der Waals surface area contributed by atoms with Crippen LogP contribution in [0.2, 0.25) is 0 Å². The molecule has 0 aromatic carbocycles. The number of aromatic nitrogens is 3. The zero-order valence-electron chi connectivity index (χ0n) is 13.2. The zero-order chi connectivity index (χ0) is 16.8. The maximum Gasteiger partial charge on any atom is 0.262 e. The standard InChI is InChI=1S/C16H17FN4O3/c1-15(8-21(9-15)14(22)16(17)4-6-23-10-16)13-20-19-12(24-13)11-3-2-5-18-7-11/h2-3,5,7H,4,6,8-10H2,1H3. The molecule has 2 fully saturated rings. The molecule has 1 unspecified atom stereocenters. The topological polar surface area (TPSA) is 81.4 Å². The lowest BCUT2D eigenvalue weighted by atomic mass is 9.80. The van der Waals surface area contributed by atoms with Crippen LogP contribution in [0.3, 0.4) is 0 Å². The zero-order valence-corrected chi connectivity index (χ0v) is 13.2. The number of likely N-dealkylation sites (tertiary alicyclic amines) is 1. The Hall–Kier alpha value is -2.35. The first-order chi connectivity index (χ1) is 11.5. The molecule has 7 nitrogen and oxygen atoms in total. The first kappa shape index (κ1) is 15.2. The van der Waals surface area contributed by atoms with Crippen LogP contribution in [0.5, 0.6) is 0 Å². The van der Waals surface area contributed by atoms with E-state index in [0.29, 0.717) is 24.9 Å². The van der Waals surface area contributed by atoms with Gasteiger partial charge < -0.3 is 14.1 Å². The maximum atomic E-state index is 14.5. The molecule has 0 radical (unpaired) electrons. The van der Waals surface area contributed by atoms with Gasteiger partial charge in [-0.25, -0.2) is 4.39 Å². The number of halogens is 1. The number of alkyl halides is 1. The lowest BCUT2D eigenvalue weighted by Gasteiger charge is -2.47. The number of hydrogen-bond acceptors (Lipinski definition) is 6. The monoisotopic (exact) mass is 332 g/mol. The van der Waals surface area contributed by atoms with Gasteiger partial charge in [0.2, 0.25) is 17.5 Å². The van der Waals surface area contributed by atoms with E-state index in [1.54, 1.807) is 18.5 Å². The summed E-state index contributed by atoms with van der Waals surface area (Å²) in [6, 6.07) is 3.62. The second kappa shape index (κ2) is 5.34. The highest BCUT2D eigenvalue weighted by Gasteiger charge is 2.53. The Kier molecular flexibility index (Phi) is 3.38. The van der Waals surface area contributed by atoms with Crippen molar-refractivity contribution in [2.45, 2.75) is 24.4 Å². The highest BCUT2D eigenvalue weighted by atomic mass is 19.1. The Morgan fingerprint density at radius 3 is 2.88 bits per heavy atom. The van der Waals surface area contributed by atoms with Crippen molar-refractivity contribution in [2.75, 3.05) is 26.3 Å². The molecule has 4 heterocycles. The number of carbonyl (C=O) groups excluding carboxylic acids is 1. The molecule has 2 saturated heterocycles. The highest BCUT2D eigenvalue weighted by Crippen LogP contribution is 2.37. The van der Waals surface area contributed by atoms with Crippen molar-refractivity contribution in [3.05, 3.63) is 30.4 Å². The molecule has 0 saturated carbocycles. The van der Waals surface area contributed by atoms with E-state index in [-0.39, 0.29) is 19.6 Å². The van der Waals surface area contributed by atoms with Gasteiger partial charge in [0.05, 0.1) is 24.2 Å². The summed E-state index contributed by atoms with van der Waals surface area (Å²) in [5.41, 5.74) is -1.62. The minimum Gasteiger partial charge on any atom is -0.420 e. The van der Waals surface area contributed by atoms with Gasteiger partial charge in [-0.15, -0.1) is 10.2 Å². The van der Waals surface area contributed by atoms with Crippen molar-refractivity contribution >= 4 is 5.91 Å². The molecule has 4 rings (SSSR count). The summed E-state index contributed by atoms with van der Waals surface area (Å²) in [5.74, 6) is 0.320. The minimum absolute atomic E-state index is 0.116. The van der Waals surface area contributed by atoms with Crippen LogP contribution in [0.15, 0.2) is 28.9 Å². The molecule has 2 aliphatic rings. The summed E-state index contributed by atoms with van der Waals surface area (Å²) in [7, 11) is 0. The molecule has 1 amide bonds. The van der Waals surface area contributed by atoms with E-state index in [4.69, 9.17) is 9.15 Å². The normalized spacial score (nSPS) is 25.5. The molecule has 0 bridgehead atoms. The molecular formula is C16H17FN4O3. The van der Waals surface area contributed by atoms with E-state index in [9.17, 15) is 9.18 Å². The predicted octanol–water partition coefficient (Wildman–Crippen LogP) is 1.36. The third-order valence-corrected chi connectivity index (χ3v) is 4.57. The van der Waals surface area contributed by atoms with Crippen LogP contribution in [-0.2, 0) is 14.9 Å². The van der Waals surface area contributed by atoms with Crippen LogP contribution in [0.1, 0.15) is 19.2 Å². The quantitative estimate of drug-likeness (QED) is 0.844. The smallest absolute Gasteiger partial charge is 0.262 e. The third kappa shape index (κ3) is 2.37. The van der Waals surface area contributed by atoms with Crippen molar-refractivity contribution in [1.82, 2.24) is 20.1 Å². The van der Waals surface area contributed by atoms with Gasteiger partial charge in [0.1, 0.15) is 0 Å². The van der Waals surface area contributed by atoms with Crippen LogP contribution in [0, 0.1) is 0 Å². The summed E-state index contributed by atoms with van der Waals surface area (Å²) in [5, 5.41) is 8.14. The second-order valence-corrected chi connectivity index (χ2v) is 6.64. The molecular weight excluding hydrogens is 315 g/mol. The lowest BCUT2D eigenvalue weighted by Crippen LogP contribution is -2.63. The van der Waals surface area contributed by atoms with Gasteiger partial charge in [0.15, 0.2) is 0 Å². The molecule has 0 N–H and O–H groups in total. The fraction of sp³-hybridized carbons (Fsp3) is 0.500. The number of nitrogens with zero attached hydrogens (tertiary/aromatic N) is 4. The summed E-state index contributed by atoms with van der Waals surface area (Å²) < 4.78 is 25.2. The average Bonchev–Trinajstić information content (AvgIpc) is 3.22. The average molecular weight is 332 g/mol. The summed E-state index contributed by atoms with van der Waals surface area (Å²) >= 11 is 0. The highest BCUT2D eigenvalue weighted by molar-refractivity contribution is 5.86. The maximum absolute atomic E-state index is 14.5. The van der Waals surface area contributed by atoms with Gasteiger partial charge in [0, 0.05) is 31.9 Å². The summed E-state index contributed by atoms with van der Waals surface area (Å²) in [4.78, 5) is 17.8. The molecule has 8 heteroatoms. The lowest BCUT2D eigenvalue weighted by molar-refractivity contribution is -0.152. The summed E-state index contributed by atoms with van der Waals surface area (Å²) in [6.07, 6.45) is 3.42. The van der Waals surface area contributed by atoms with Gasteiger partial charge in [-0.05, 0) is 19.1 Å². The second-order valence-electron chi connectivity index (χ2n) is 6.64. The van der Waals surface area contributed by atoms with Crippen molar-refractivity contribution in [3.8, 4) is 11.5 Å². The number of hydrogen-bond donors (Lipinski definition) is 0. The molecule has 126 valence electrons. The van der Waals surface area contributed by atoms with E-state index in [1.165, 1.54) is 4.90 Å². The van der Waals surface area contributed by atoms with Crippen molar-refractivity contribution < 1.29 is 18.3 Å². The largest absolute Gasteiger partial charge is 0.420 e. The Bertz CT molecular complexity index is 752. The van der Waals surface area contributed by atoms with Gasteiger partial charge in [-0.3, -0.25) is 9.78 Å². The molecule has 2 aromatic rings. The number of carbonyl (C=O) groups is 1. The number of pyridine rings is 1. The fourth-order valence-corrected chi connectivity index (χ4v) is 3.14. The number of rotatable bonds is 3. The van der Waals surface area contributed by atoms with E-state index in [0.717, 1.165) is 5.56 Å². The van der Waals surface area contributed by atoms with Crippen molar-refractivity contribution in [3.63, 3.8) is 0 Å². The predicted molar refractivity (Wildman–Crippen MR) is 80.7 cm³/mol. The summed E-state index contributed by atoms with van der Waals surface area (Å²) in [6.45, 7) is 2.75. The minimum atomic E-state index is -1.89. The molecule has 0 spiro atoms. The van der Waals surface area contributed by atoms with Gasteiger partial charge in [0.25, 0.3) is 5.91 Å². The molecule has 0 aliphatic carbocycles. The van der Waals surface area contributed by atoms with Crippen molar-refractivity contribution in [2.24, 2.45) is 0 Å². The Morgan fingerprint density at radius 1 is 1.38 bits per heavy atom. The Balaban J connectivity index is 1.47. The van der Waals surface area contributed by atoms with E-state index >= 15 is 0 Å². The van der Waals surface area contributed by atoms with Crippen LogP contribution in [0.4, 0.5) is 4.39 Å². The van der Waals surface area contributed by atoms with Gasteiger partial charge in [-0.1, -0.05) is 0 Å². The van der Waals surface area contributed by atoms with E-state index < -0.39 is 17.0 Å². The number of ether oxygens (including phenoxy) is 1. The van der Waals surface area contributed by atoms with E-state index in [2.05, 4.69) is 15.2 Å². The molecule has 2 aromatic heterocycles. The molecule has 1 atom stereocenters. The Morgan fingerprint density at radius 2 is 2.21 bits per heavy atom. The van der Waals surface area contributed by atoms with Crippen LogP contribution in [0.25, 0.3) is 11.5 Å². The van der Waals surface area contributed by atoms with Crippen LogP contribution >= 0.6 is 0 Å². The molecule has 2 aliphatic heterocycles. The first-order valence-corrected chi connectivity index (χ1v) is 7.81. The van der Waals surface area contributed by atoms with Crippen molar-refractivity contribution in [1.29, 1.82) is 0 Å². The number of amides is 1. The molecule has 24 heavy (non-hydrogen) atoms. The van der Waals surface area contributed by atoms with Gasteiger partial charge in [-0.2, -0.15) is 0 Å².